The predicted molar refractivity (Wildman–Crippen MR) is 81.0 cm³/mol. The van der Waals surface area contributed by atoms with Crippen LogP contribution < -0.4 is 5.32 Å². The van der Waals surface area contributed by atoms with E-state index >= 15 is 0 Å². The van der Waals surface area contributed by atoms with Crippen LogP contribution in [0.15, 0.2) is 46.9 Å². The molecule has 0 atom stereocenters. The van der Waals surface area contributed by atoms with Crippen LogP contribution in [-0.4, -0.2) is 6.54 Å². The Morgan fingerprint density at radius 3 is 2.47 bits per heavy atom. The number of halogens is 3. The molecule has 0 saturated heterocycles. The van der Waals surface area contributed by atoms with Gasteiger partial charge in [-0.3, -0.25) is 0 Å². The molecule has 2 aromatic carbocycles. The Morgan fingerprint density at radius 1 is 1.05 bits per heavy atom. The van der Waals surface area contributed by atoms with Crippen LogP contribution in [0.4, 0.5) is 4.39 Å². The molecule has 1 N–H and O–H groups in total. The average Bonchev–Trinajstić information content (AvgIpc) is 2.36. The maximum Gasteiger partial charge on any atom is 0.124 e. The zero-order valence-electron chi connectivity index (χ0n) is 10.3. The Balaban J connectivity index is 1.79. The van der Waals surface area contributed by atoms with Crippen molar-refractivity contribution >= 4 is 27.5 Å². The molecule has 0 heterocycles. The first-order valence-electron chi connectivity index (χ1n) is 6.03. The highest BCUT2D eigenvalue weighted by Gasteiger charge is 1.99. The van der Waals surface area contributed by atoms with Gasteiger partial charge in [0, 0.05) is 16.0 Å². The quantitative estimate of drug-likeness (QED) is 0.785. The van der Waals surface area contributed by atoms with Crippen LogP contribution in [0.2, 0.25) is 5.02 Å². The molecule has 0 radical (unpaired) electrons. The Bertz CT molecular complexity index is 522. The van der Waals surface area contributed by atoms with Crippen molar-refractivity contribution in [2.45, 2.75) is 13.0 Å². The van der Waals surface area contributed by atoms with Gasteiger partial charge in [0.1, 0.15) is 5.82 Å². The molecule has 19 heavy (non-hydrogen) atoms. The molecule has 0 unspecified atom stereocenters. The monoisotopic (exact) mass is 341 g/mol. The molecular weight excluding hydrogens is 329 g/mol. The standard InChI is InChI=1S/C15H14BrClFN/c16-13-7-12(8-15(18)9-13)10-19-6-5-11-1-3-14(17)4-2-11/h1-4,7-9,19H,5-6,10H2. The summed E-state index contributed by atoms with van der Waals surface area (Å²) in [7, 11) is 0. The lowest BCUT2D eigenvalue weighted by Gasteiger charge is -2.06. The summed E-state index contributed by atoms with van der Waals surface area (Å²) in [6, 6.07) is 12.7. The van der Waals surface area contributed by atoms with Crippen molar-refractivity contribution in [3.05, 3.63) is 68.9 Å². The molecular formula is C15H14BrClFN. The third kappa shape index (κ3) is 4.94. The molecule has 100 valence electrons. The SMILES string of the molecule is Fc1cc(Br)cc(CNCCc2ccc(Cl)cc2)c1. The average molecular weight is 343 g/mol. The molecule has 2 aromatic rings. The molecule has 0 aromatic heterocycles. The zero-order chi connectivity index (χ0) is 13.7. The van der Waals surface area contributed by atoms with E-state index in [-0.39, 0.29) is 5.82 Å². The normalized spacial score (nSPS) is 10.7. The summed E-state index contributed by atoms with van der Waals surface area (Å²) in [4.78, 5) is 0. The second-order valence-electron chi connectivity index (χ2n) is 4.33. The van der Waals surface area contributed by atoms with Gasteiger partial charge in [-0.2, -0.15) is 0 Å². The Labute approximate surface area is 125 Å². The van der Waals surface area contributed by atoms with Gasteiger partial charge in [-0.15, -0.1) is 0 Å². The summed E-state index contributed by atoms with van der Waals surface area (Å²) in [5.41, 5.74) is 2.17. The van der Waals surface area contributed by atoms with Gasteiger partial charge >= 0.3 is 0 Å². The van der Waals surface area contributed by atoms with Gasteiger partial charge in [-0.1, -0.05) is 39.7 Å². The van der Waals surface area contributed by atoms with Crippen molar-refractivity contribution in [2.75, 3.05) is 6.54 Å². The van der Waals surface area contributed by atoms with Crippen LogP contribution in [-0.2, 0) is 13.0 Å². The van der Waals surface area contributed by atoms with Crippen molar-refractivity contribution in [3.8, 4) is 0 Å². The number of benzene rings is 2. The minimum Gasteiger partial charge on any atom is -0.312 e. The third-order valence-corrected chi connectivity index (χ3v) is 3.46. The lowest BCUT2D eigenvalue weighted by molar-refractivity contribution is 0.619. The summed E-state index contributed by atoms with van der Waals surface area (Å²) in [5.74, 6) is -0.219. The molecule has 0 aliphatic rings. The molecule has 0 fully saturated rings. The van der Waals surface area contributed by atoms with Crippen molar-refractivity contribution in [1.29, 1.82) is 0 Å². The number of rotatable bonds is 5. The highest BCUT2D eigenvalue weighted by molar-refractivity contribution is 9.10. The van der Waals surface area contributed by atoms with Crippen LogP contribution in [0, 0.1) is 5.82 Å². The van der Waals surface area contributed by atoms with E-state index in [1.807, 2.05) is 30.3 Å². The first kappa shape index (κ1) is 14.5. The van der Waals surface area contributed by atoms with E-state index < -0.39 is 0 Å². The van der Waals surface area contributed by atoms with Gasteiger partial charge in [0.05, 0.1) is 0 Å². The molecule has 0 aliphatic carbocycles. The van der Waals surface area contributed by atoms with Crippen LogP contribution >= 0.6 is 27.5 Å². The van der Waals surface area contributed by atoms with E-state index in [0.717, 1.165) is 28.0 Å². The fourth-order valence-electron chi connectivity index (χ4n) is 1.83. The first-order valence-corrected chi connectivity index (χ1v) is 7.21. The van der Waals surface area contributed by atoms with E-state index in [1.165, 1.54) is 11.6 Å². The molecule has 0 spiro atoms. The maximum absolute atomic E-state index is 13.2. The summed E-state index contributed by atoms with van der Waals surface area (Å²) in [6.07, 6.45) is 0.924. The van der Waals surface area contributed by atoms with Gasteiger partial charge in [0.2, 0.25) is 0 Å². The van der Waals surface area contributed by atoms with E-state index in [2.05, 4.69) is 21.2 Å². The third-order valence-electron chi connectivity index (χ3n) is 2.76. The van der Waals surface area contributed by atoms with Crippen molar-refractivity contribution in [3.63, 3.8) is 0 Å². The first-order chi connectivity index (χ1) is 9.13. The van der Waals surface area contributed by atoms with Gasteiger partial charge in [-0.25, -0.2) is 4.39 Å². The maximum atomic E-state index is 13.2. The number of hydrogen-bond donors (Lipinski definition) is 1. The molecule has 4 heteroatoms. The lowest BCUT2D eigenvalue weighted by Crippen LogP contribution is -2.16. The van der Waals surface area contributed by atoms with Gasteiger partial charge < -0.3 is 5.32 Å². The summed E-state index contributed by atoms with van der Waals surface area (Å²) >= 11 is 9.11. The summed E-state index contributed by atoms with van der Waals surface area (Å²) in [5, 5.41) is 4.05. The van der Waals surface area contributed by atoms with Crippen molar-refractivity contribution in [1.82, 2.24) is 5.32 Å². The molecule has 2 rings (SSSR count). The van der Waals surface area contributed by atoms with Crippen LogP contribution in [0.25, 0.3) is 0 Å². The largest absolute Gasteiger partial charge is 0.312 e. The Kier molecular flexibility index (Phi) is 5.37. The van der Waals surface area contributed by atoms with Gasteiger partial charge in [0.25, 0.3) is 0 Å². The number of hydrogen-bond acceptors (Lipinski definition) is 1. The highest BCUT2D eigenvalue weighted by atomic mass is 79.9. The van der Waals surface area contributed by atoms with E-state index in [9.17, 15) is 4.39 Å². The van der Waals surface area contributed by atoms with E-state index in [1.54, 1.807) is 6.07 Å². The minimum absolute atomic E-state index is 0.219. The van der Waals surface area contributed by atoms with Crippen LogP contribution in [0.5, 0.6) is 0 Å². The Morgan fingerprint density at radius 2 is 1.79 bits per heavy atom. The molecule has 1 nitrogen and oxygen atoms in total. The predicted octanol–water partition coefficient (Wildman–Crippen LogP) is 4.57. The molecule has 0 saturated carbocycles. The molecule has 0 bridgehead atoms. The van der Waals surface area contributed by atoms with Crippen molar-refractivity contribution < 1.29 is 4.39 Å². The summed E-state index contributed by atoms with van der Waals surface area (Å²) < 4.78 is 13.9. The second-order valence-corrected chi connectivity index (χ2v) is 5.68. The molecule has 0 aliphatic heterocycles. The van der Waals surface area contributed by atoms with Gasteiger partial charge in [0.15, 0.2) is 0 Å². The Hall–Kier alpha value is -0.900. The summed E-state index contributed by atoms with van der Waals surface area (Å²) in [6.45, 7) is 1.50. The fourth-order valence-corrected chi connectivity index (χ4v) is 2.47. The van der Waals surface area contributed by atoms with Gasteiger partial charge in [-0.05, 0) is 54.4 Å². The lowest BCUT2D eigenvalue weighted by atomic mass is 10.1. The minimum atomic E-state index is -0.219. The zero-order valence-corrected chi connectivity index (χ0v) is 12.6. The van der Waals surface area contributed by atoms with Crippen LogP contribution in [0.3, 0.4) is 0 Å². The molecule has 0 amide bonds. The van der Waals surface area contributed by atoms with E-state index in [0.29, 0.717) is 6.54 Å². The fraction of sp³-hybridized carbons (Fsp3) is 0.200. The van der Waals surface area contributed by atoms with E-state index in [4.69, 9.17) is 11.6 Å². The highest BCUT2D eigenvalue weighted by Crippen LogP contribution is 2.14. The smallest absolute Gasteiger partial charge is 0.124 e. The number of nitrogens with one attached hydrogen (secondary N) is 1. The second kappa shape index (κ2) is 7.04. The van der Waals surface area contributed by atoms with Crippen LogP contribution in [0.1, 0.15) is 11.1 Å². The van der Waals surface area contributed by atoms with Crippen molar-refractivity contribution in [2.24, 2.45) is 0 Å². The topological polar surface area (TPSA) is 12.0 Å².